The van der Waals surface area contributed by atoms with Gasteiger partial charge in [0.1, 0.15) is 17.8 Å². The van der Waals surface area contributed by atoms with Gasteiger partial charge in [-0.2, -0.15) is 5.10 Å². The first kappa shape index (κ1) is 14.6. The molecule has 4 rings (SSSR count). The number of fused-ring (bicyclic) bond motifs is 1. The Labute approximate surface area is 137 Å². The summed E-state index contributed by atoms with van der Waals surface area (Å²) in [6.07, 6.45) is 5.95. The van der Waals surface area contributed by atoms with Crippen LogP contribution in [0.3, 0.4) is 0 Å². The number of rotatable bonds is 3. The fraction of sp³-hybridized carbons (Fsp3) is 0.312. The van der Waals surface area contributed by atoms with Crippen LogP contribution < -0.4 is 5.73 Å². The number of nitrogens with two attached hydrogens (primary N) is 1. The molecule has 0 amide bonds. The zero-order valence-corrected chi connectivity index (χ0v) is 12.9. The maximum absolute atomic E-state index is 10.8. The summed E-state index contributed by atoms with van der Waals surface area (Å²) < 4.78 is 1.94. The number of nitro benzene ring substituents is 1. The van der Waals surface area contributed by atoms with E-state index in [1.165, 1.54) is 31.3 Å². The largest absolute Gasteiger partial charge is 0.383 e. The van der Waals surface area contributed by atoms with Crippen molar-refractivity contribution in [3.05, 3.63) is 40.7 Å². The molecule has 122 valence electrons. The van der Waals surface area contributed by atoms with Gasteiger partial charge in [-0.25, -0.2) is 14.6 Å². The first-order valence-corrected chi connectivity index (χ1v) is 7.88. The molecule has 2 N–H and O–H groups in total. The molecule has 1 aliphatic carbocycles. The van der Waals surface area contributed by atoms with E-state index >= 15 is 0 Å². The van der Waals surface area contributed by atoms with Crippen LogP contribution in [-0.4, -0.2) is 24.7 Å². The number of hydrogen-bond donors (Lipinski definition) is 1. The van der Waals surface area contributed by atoms with Gasteiger partial charge in [0.25, 0.3) is 5.69 Å². The van der Waals surface area contributed by atoms with Gasteiger partial charge in [-0.05, 0) is 25.0 Å². The van der Waals surface area contributed by atoms with Gasteiger partial charge < -0.3 is 5.73 Å². The van der Waals surface area contributed by atoms with Crippen LogP contribution in [0, 0.1) is 10.1 Å². The van der Waals surface area contributed by atoms with Crippen molar-refractivity contribution in [1.82, 2.24) is 19.7 Å². The highest BCUT2D eigenvalue weighted by Crippen LogP contribution is 2.36. The van der Waals surface area contributed by atoms with Crippen LogP contribution in [-0.2, 0) is 0 Å². The van der Waals surface area contributed by atoms with Gasteiger partial charge in [-0.1, -0.05) is 12.8 Å². The smallest absolute Gasteiger partial charge is 0.269 e. The van der Waals surface area contributed by atoms with Crippen molar-refractivity contribution < 1.29 is 4.92 Å². The van der Waals surface area contributed by atoms with Crippen LogP contribution in [0.4, 0.5) is 11.5 Å². The maximum Gasteiger partial charge on any atom is 0.269 e. The summed E-state index contributed by atoms with van der Waals surface area (Å²) in [5, 5.41) is 16.3. The lowest BCUT2D eigenvalue weighted by molar-refractivity contribution is -0.384. The Morgan fingerprint density at radius 1 is 1.17 bits per heavy atom. The molecule has 2 aromatic heterocycles. The van der Waals surface area contributed by atoms with Gasteiger partial charge >= 0.3 is 0 Å². The molecule has 24 heavy (non-hydrogen) atoms. The van der Waals surface area contributed by atoms with Crippen LogP contribution in [0.5, 0.6) is 0 Å². The predicted molar refractivity (Wildman–Crippen MR) is 89.3 cm³/mol. The van der Waals surface area contributed by atoms with E-state index in [4.69, 9.17) is 10.8 Å². The summed E-state index contributed by atoms with van der Waals surface area (Å²) in [6.45, 7) is 0. The number of non-ortho nitro benzene ring substituents is 1. The summed E-state index contributed by atoms with van der Waals surface area (Å²) >= 11 is 0. The first-order chi connectivity index (χ1) is 11.6. The molecular formula is C16H16N6O2. The third-order valence-corrected chi connectivity index (χ3v) is 4.54. The number of nitrogens with zero attached hydrogens (tertiary/aromatic N) is 5. The standard InChI is InChI=1S/C16H16N6O2/c17-15-13-14(10-5-7-12(8-6-10)22(23)24)20-21(11-3-1-2-4-11)16(13)19-9-18-15/h5-9,11H,1-4H2,(H2,17,18,19). The average Bonchev–Trinajstić information content (AvgIpc) is 3.23. The zero-order valence-electron chi connectivity index (χ0n) is 12.9. The zero-order chi connectivity index (χ0) is 16.7. The fourth-order valence-electron chi connectivity index (χ4n) is 3.34. The third-order valence-electron chi connectivity index (χ3n) is 4.54. The Morgan fingerprint density at radius 2 is 1.88 bits per heavy atom. The van der Waals surface area contributed by atoms with Crippen LogP contribution in [0.1, 0.15) is 31.7 Å². The van der Waals surface area contributed by atoms with Gasteiger partial charge in [0.05, 0.1) is 16.4 Å². The van der Waals surface area contributed by atoms with E-state index in [0.29, 0.717) is 22.9 Å². The van der Waals surface area contributed by atoms with E-state index in [2.05, 4.69) is 9.97 Å². The Kier molecular flexibility index (Phi) is 3.37. The Morgan fingerprint density at radius 3 is 2.54 bits per heavy atom. The van der Waals surface area contributed by atoms with E-state index in [9.17, 15) is 10.1 Å². The number of anilines is 1. The van der Waals surface area contributed by atoms with Gasteiger partial charge in [0.15, 0.2) is 5.65 Å². The summed E-state index contributed by atoms with van der Waals surface area (Å²) in [4.78, 5) is 18.9. The monoisotopic (exact) mass is 324 g/mol. The molecule has 1 saturated carbocycles. The van der Waals surface area contributed by atoms with E-state index in [-0.39, 0.29) is 5.69 Å². The number of hydrogen-bond acceptors (Lipinski definition) is 6. The molecule has 8 heteroatoms. The Bertz CT molecular complexity index is 912. The molecule has 0 spiro atoms. The highest BCUT2D eigenvalue weighted by molar-refractivity contribution is 5.98. The van der Waals surface area contributed by atoms with Crippen molar-refractivity contribution in [2.24, 2.45) is 0 Å². The number of aromatic nitrogens is 4. The molecule has 1 aliphatic rings. The second-order valence-electron chi connectivity index (χ2n) is 5.99. The maximum atomic E-state index is 10.8. The van der Waals surface area contributed by atoms with Crippen LogP contribution >= 0.6 is 0 Å². The molecule has 1 aromatic carbocycles. The van der Waals surface area contributed by atoms with Crippen LogP contribution in [0.2, 0.25) is 0 Å². The highest BCUT2D eigenvalue weighted by Gasteiger charge is 2.24. The number of nitro groups is 1. The Hall–Kier alpha value is -3.03. The van der Waals surface area contributed by atoms with Gasteiger partial charge in [0.2, 0.25) is 0 Å². The van der Waals surface area contributed by atoms with Crippen molar-refractivity contribution >= 4 is 22.5 Å². The lowest BCUT2D eigenvalue weighted by Crippen LogP contribution is -2.07. The van der Waals surface area contributed by atoms with Gasteiger partial charge in [-0.3, -0.25) is 10.1 Å². The lowest BCUT2D eigenvalue weighted by Gasteiger charge is -2.10. The molecule has 0 aliphatic heterocycles. The average molecular weight is 324 g/mol. The molecule has 0 radical (unpaired) electrons. The molecule has 1 fully saturated rings. The van der Waals surface area contributed by atoms with Crippen molar-refractivity contribution in [2.45, 2.75) is 31.7 Å². The summed E-state index contributed by atoms with van der Waals surface area (Å²) in [5.74, 6) is 0.373. The molecule has 8 nitrogen and oxygen atoms in total. The minimum Gasteiger partial charge on any atom is -0.383 e. The third kappa shape index (κ3) is 2.27. The molecule has 3 aromatic rings. The summed E-state index contributed by atoms with van der Waals surface area (Å²) in [7, 11) is 0. The van der Waals surface area contributed by atoms with E-state index in [1.807, 2.05) is 4.68 Å². The topological polar surface area (TPSA) is 113 Å². The summed E-state index contributed by atoms with van der Waals surface area (Å²) in [6, 6.07) is 6.62. The van der Waals surface area contributed by atoms with Gasteiger partial charge in [-0.15, -0.1) is 0 Å². The minimum atomic E-state index is -0.420. The second kappa shape index (κ2) is 5.55. The van der Waals surface area contributed by atoms with Crippen LogP contribution in [0.15, 0.2) is 30.6 Å². The normalized spacial score (nSPS) is 15.2. The number of nitrogen functional groups attached to an aromatic ring is 1. The second-order valence-corrected chi connectivity index (χ2v) is 5.99. The van der Waals surface area contributed by atoms with E-state index in [0.717, 1.165) is 24.1 Å². The molecule has 0 saturated heterocycles. The van der Waals surface area contributed by atoms with Crippen molar-refractivity contribution in [2.75, 3.05) is 5.73 Å². The van der Waals surface area contributed by atoms with E-state index < -0.39 is 4.92 Å². The number of benzene rings is 1. The Balaban J connectivity index is 1.89. The molecule has 0 bridgehead atoms. The van der Waals surface area contributed by atoms with Gasteiger partial charge in [0, 0.05) is 17.7 Å². The molecule has 0 unspecified atom stereocenters. The quantitative estimate of drug-likeness (QED) is 0.585. The van der Waals surface area contributed by atoms with E-state index in [1.54, 1.807) is 12.1 Å². The van der Waals surface area contributed by atoms with Crippen molar-refractivity contribution in [1.29, 1.82) is 0 Å². The first-order valence-electron chi connectivity index (χ1n) is 7.88. The minimum absolute atomic E-state index is 0.0440. The highest BCUT2D eigenvalue weighted by atomic mass is 16.6. The molecular weight excluding hydrogens is 308 g/mol. The predicted octanol–water partition coefficient (Wildman–Crippen LogP) is 3.10. The summed E-state index contributed by atoms with van der Waals surface area (Å²) in [5.41, 5.74) is 8.28. The molecule has 2 heterocycles. The van der Waals surface area contributed by atoms with Crippen molar-refractivity contribution in [3.63, 3.8) is 0 Å². The van der Waals surface area contributed by atoms with Crippen molar-refractivity contribution in [3.8, 4) is 11.3 Å². The lowest BCUT2D eigenvalue weighted by atomic mass is 10.1. The van der Waals surface area contributed by atoms with Crippen LogP contribution in [0.25, 0.3) is 22.3 Å². The SMILES string of the molecule is Nc1ncnc2c1c(-c1ccc([N+](=O)[O-])cc1)nn2C1CCCC1. The fourth-order valence-corrected chi connectivity index (χ4v) is 3.34. The molecule has 0 atom stereocenters.